The van der Waals surface area contributed by atoms with Crippen molar-refractivity contribution in [1.29, 1.82) is 0 Å². The van der Waals surface area contributed by atoms with Gasteiger partial charge in [-0.2, -0.15) is 0 Å². The Bertz CT molecular complexity index is 793. The lowest BCUT2D eigenvalue weighted by Gasteiger charge is -2.21. The number of nitrogens with zero attached hydrogens (tertiary/aromatic N) is 2. The minimum atomic E-state index is -0.624. The van der Waals surface area contributed by atoms with Crippen LogP contribution in [0, 0.1) is 15.9 Å². The molecule has 0 spiro atoms. The number of hydrogen-bond donors (Lipinski definition) is 1. The maximum absolute atomic E-state index is 14.1. The summed E-state index contributed by atoms with van der Waals surface area (Å²) in [5.74, 6) is 0.787. The second-order valence-electron chi connectivity index (χ2n) is 6.07. The molecule has 2 aromatic rings. The van der Waals surface area contributed by atoms with E-state index in [-0.39, 0.29) is 17.4 Å². The number of anilines is 2. The van der Waals surface area contributed by atoms with Crippen LogP contribution in [0.4, 0.5) is 21.5 Å². The molecular formula is C18H20FN3O4. The lowest BCUT2D eigenvalue weighted by atomic mass is 10.2. The van der Waals surface area contributed by atoms with Crippen molar-refractivity contribution < 1.29 is 18.8 Å². The number of halogens is 1. The molecule has 0 bridgehead atoms. The number of non-ortho nitro benzene ring substituents is 1. The van der Waals surface area contributed by atoms with Gasteiger partial charge in [0, 0.05) is 49.1 Å². The van der Waals surface area contributed by atoms with Crippen molar-refractivity contribution >= 4 is 17.1 Å². The molecule has 2 aromatic carbocycles. The SMILES string of the molecule is COc1cc(OC)cc(N2CCC(Nc3ccc([N+](=O)[O-])cc3F)C2)c1. The van der Waals surface area contributed by atoms with Crippen molar-refractivity contribution in [3.05, 3.63) is 52.3 Å². The first-order valence-corrected chi connectivity index (χ1v) is 8.18. The van der Waals surface area contributed by atoms with Crippen LogP contribution in [0.25, 0.3) is 0 Å². The normalized spacial score (nSPS) is 16.4. The van der Waals surface area contributed by atoms with E-state index in [4.69, 9.17) is 9.47 Å². The summed E-state index contributed by atoms with van der Waals surface area (Å²) in [4.78, 5) is 12.3. The first-order valence-electron chi connectivity index (χ1n) is 8.18. The van der Waals surface area contributed by atoms with Crippen LogP contribution in [0.15, 0.2) is 36.4 Å². The van der Waals surface area contributed by atoms with Crippen LogP contribution in [-0.4, -0.2) is 38.3 Å². The molecule has 8 heteroatoms. The summed E-state index contributed by atoms with van der Waals surface area (Å²) in [7, 11) is 3.20. The Morgan fingerprint density at radius 3 is 2.46 bits per heavy atom. The number of ether oxygens (including phenoxy) is 2. The topological polar surface area (TPSA) is 76.9 Å². The molecule has 0 aliphatic carbocycles. The molecule has 1 aliphatic heterocycles. The van der Waals surface area contributed by atoms with Crippen LogP contribution in [0.2, 0.25) is 0 Å². The molecule has 1 N–H and O–H groups in total. The van der Waals surface area contributed by atoms with Gasteiger partial charge >= 0.3 is 0 Å². The van der Waals surface area contributed by atoms with Gasteiger partial charge in [0.2, 0.25) is 0 Å². The molecule has 138 valence electrons. The van der Waals surface area contributed by atoms with Gasteiger partial charge in [-0.25, -0.2) is 4.39 Å². The number of nitro benzene ring substituents is 1. The van der Waals surface area contributed by atoms with Gasteiger partial charge in [0.15, 0.2) is 5.82 Å². The van der Waals surface area contributed by atoms with Gasteiger partial charge < -0.3 is 19.7 Å². The fourth-order valence-corrected chi connectivity index (χ4v) is 3.04. The zero-order valence-electron chi connectivity index (χ0n) is 14.6. The molecule has 0 aromatic heterocycles. The molecule has 1 unspecified atom stereocenters. The zero-order valence-corrected chi connectivity index (χ0v) is 14.6. The van der Waals surface area contributed by atoms with Gasteiger partial charge in [0.1, 0.15) is 11.5 Å². The molecule has 1 atom stereocenters. The lowest BCUT2D eigenvalue weighted by molar-refractivity contribution is -0.385. The fourth-order valence-electron chi connectivity index (χ4n) is 3.04. The van der Waals surface area contributed by atoms with Crippen LogP contribution in [0.1, 0.15) is 6.42 Å². The number of hydrogen-bond acceptors (Lipinski definition) is 6. The van der Waals surface area contributed by atoms with Crippen molar-refractivity contribution in [3.8, 4) is 11.5 Å². The van der Waals surface area contributed by atoms with Crippen molar-refractivity contribution in [3.63, 3.8) is 0 Å². The average molecular weight is 361 g/mol. The molecule has 7 nitrogen and oxygen atoms in total. The molecule has 3 rings (SSSR count). The van der Waals surface area contributed by atoms with Gasteiger partial charge in [-0.05, 0) is 12.5 Å². The molecule has 1 heterocycles. The van der Waals surface area contributed by atoms with Crippen molar-refractivity contribution in [2.24, 2.45) is 0 Å². The maximum atomic E-state index is 14.1. The van der Waals surface area contributed by atoms with Crippen LogP contribution in [-0.2, 0) is 0 Å². The van der Waals surface area contributed by atoms with Crippen molar-refractivity contribution in [1.82, 2.24) is 0 Å². The molecule has 0 saturated carbocycles. The van der Waals surface area contributed by atoms with Gasteiger partial charge in [0.25, 0.3) is 5.69 Å². The second-order valence-corrected chi connectivity index (χ2v) is 6.07. The van der Waals surface area contributed by atoms with E-state index < -0.39 is 10.7 Å². The zero-order chi connectivity index (χ0) is 18.7. The first-order chi connectivity index (χ1) is 12.5. The largest absolute Gasteiger partial charge is 0.497 e. The highest BCUT2D eigenvalue weighted by Crippen LogP contribution is 2.31. The highest BCUT2D eigenvalue weighted by molar-refractivity contribution is 5.57. The second kappa shape index (κ2) is 7.47. The summed E-state index contributed by atoms with van der Waals surface area (Å²) in [5.41, 5.74) is 0.977. The van der Waals surface area contributed by atoms with Crippen LogP contribution < -0.4 is 19.7 Å². The Balaban J connectivity index is 1.70. The summed E-state index contributed by atoms with van der Waals surface area (Å²) in [6.45, 7) is 1.47. The van der Waals surface area contributed by atoms with E-state index >= 15 is 0 Å². The summed E-state index contributed by atoms with van der Waals surface area (Å²) in [6, 6.07) is 9.33. The third-order valence-corrected chi connectivity index (χ3v) is 4.41. The van der Waals surface area contributed by atoms with E-state index in [1.807, 2.05) is 18.2 Å². The minimum absolute atomic E-state index is 0.0307. The Morgan fingerprint density at radius 1 is 1.19 bits per heavy atom. The van der Waals surface area contributed by atoms with Crippen LogP contribution in [0.5, 0.6) is 11.5 Å². The van der Waals surface area contributed by atoms with Crippen LogP contribution >= 0.6 is 0 Å². The molecule has 1 aliphatic rings. The number of rotatable bonds is 6. The minimum Gasteiger partial charge on any atom is -0.497 e. The Labute approximate surface area is 150 Å². The third kappa shape index (κ3) is 3.79. The predicted molar refractivity (Wildman–Crippen MR) is 96.8 cm³/mol. The first kappa shape index (κ1) is 17.8. The standard InChI is InChI=1S/C18H20FN3O4/c1-25-15-7-14(8-16(10-15)26-2)21-6-5-12(11-21)20-18-4-3-13(22(23)24)9-17(18)19/h3-4,7-10,12,20H,5-6,11H2,1-2H3. The summed E-state index contributed by atoms with van der Waals surface area (Å²) in [6.07, 6.45) is 0.815. The van der Waals surface area contributed by atoms with E-state index in [0.717, 1.165) is 24.7 Å². The number of nitro groups is 1. The number of nitrogens with one attached hydrogen (secondary N) is 1. The van der Waals surface area contributed by atoms with Gasteiger partial charge in [-0.3, -0.25) is 10.1 Å². The Morgan fingerprint density at radius 2 is 1.88 bits per heavy atom. The molecule has 0 radical (unpaired) electrons. The van der Waals surface area contributed by atoms with Gasteiger partial charge in [-0.1, -0.05) is 0 Å². The molecule has 0 amide bonds. The Kier molecular flexibility index (Phi) is 5.11. The molecule has 26 heavy (non-hydrogen) atoms. The van der Waals surface area contributed by atoms with Crippen molar-refractivity contribution in [2.45, 2.75) is 12.5 Å². The number of methoxy groups -OCH3 is 2. The monoisotopic (exact) mass is 361 g/mol. The molecular weight excluding hydrogens is 341 g/mol. The Hall–Kier alpha value is -3.03. The molecule has 1 saturated heterocycles. The van der Waals surface area contributed by atoms with Gasteiger partial charge in [-0.15, -0.1) is 0 Å². The molecule has 1 fully saturated rings. The van der Waals surface area contributed by atoms with E-state index in [9.17, 15) is 14.5 Å². The maximum Gasteiger partial charge on any atom is 0.272 e. The summed E-state index contributed by atoms with van der Waals surface area (Å²) >= 11 is 0. The third-order valence-electron chi connectivity index (χ3n) is 4.41. The summed E-state index contributed by atoms with van der Waals surface area (Å²) in [5, 5.41) is 13.8. The van der Waals surface area contributed by atoms with Crippen LogP contribution in [0.3, 0.4) is 0 Å². The predicted octanol–water partition coefficient (Wildman–Crippen LogP) is 3.44. The fraction of sp³-hybridized carbons (Fsp3) is 0.333. The highest BCUT2D eigenvalue weighted by Gasteiger charge is 2.24. The van der Waals surface area contributed by atoms with E-state index in [1.165, 1.54) is 12.1 Å². The quantitative estimate of drug-likeness (QED) is 0.627. The highest BCUT2D eigenvalue weighted by atomic mass is 19.1. The average Bonchev–Trinajstić information content (AvgIpc) is 3.11. The van der Waals surface area contributed by atoms with E-state index in [2.05, 4.69) is 10.2 Å². The van der Waals surface area contributed by atoms with Gasteiger partial charge in [0.05, 0.1) is 30.9 Å². The van der Waals surface area contributed by atoms with Crippen molar-refractivity contribution in [2.75, 3.05) is 37.5 Å². The smallest absolute Gasteiger partial charge is 0.272 e. The lowest BCUT2D eigenvalue weighted by Crippen LogP contribution is -2.26. The van der Waals surface area contributed by atoms with E-state index in [1.54, 1.807) is 14.2 Å². The van der Waals surface area contributed by atoms with E-state index in [0.29, 0.717) is 18.0 Å². The number of benzene rings is 2. The summed E-state index contributed by atoms with van der Waals surface area (Å²) < 4.78 is 24.7.